The summed E-state index contributed by atoms with van der Waals surface area (Å²) in [6.07, 6.45) is 3.39. The molecule has 1 aromatic carbocycles. The molecule has 0 fully saturated rings. The second kappa shape index (κ2) is 6.28. The highest BCUT2D eigenvalue weighted by molar-refractivity contribution is 7.99. The van der Waals surface area contributed by atoms with Crippen LogP contribution in [0.1, 0.15) is 17.7 Å². The number of hydrogen-bond acceptors (Lipinski definition) is 5. The van der Waals surface area contributed by atoms with Crippen LogP contribution >= 0.6 is 23.4 Å². The molecule has 6 heteroatoms. The summed E-state index contributed by atoms with van der Waals surface area (Å²) < 4.78 is 5.67. The zero-order chi connectivity index (χ0) is 14.7. The topological polar surface area (TPSA) is 51.8 Å². The van der Waals surface area contributed by atoms with Crippen LogP contribution in [0.3, 0.4) is 0 Å². The van der Waals surface area contributed by atoms with Crippen LogP contribution in [0.15, 0.2) is 58.4 Å². The molecule has 0 aliphatic rings. The van der Waals surface area contributed by atoms with E-state index in [4.69, 9.17) is 16.0 Å². The highest BCUT2D eigenvalue weighted by Gasteiger charge is 2.15. The van der Waals surface area contributed by atoms with Crippen molar-refractivity contribution in [2.45, 2.75) is 17.4 Å². The van der Waals surface area contributed by atoms with E-state index in [-0.39, 0.29) is 5.25 Å². The van der Waals surface area contributed by atoms with Crippen LogP contribution in [0.2, 0.25) is 5.02 Å². The molecule has 3 aromatic rings. The van der Waals surface area contributed by atoms with Gasteiger partial charge in [0.2, 0.25) is 5.89 Å². The van der Waals surface area contributed by atoms with Crippen molar-refractivity contribution in [1.29, 1.82) is 0 Å². The maximum absolute atomic E-state index is 6.20. The van der Waals surface area contributed by atoms with Crippen molar-refractivity contribution in [2.24, 2.45) is 0 Å². The molecule has 2 heterocycles. The van der Waals surface area contributed by atoms with Crippen molar-refractivity contribution < 1.29 is 4.42 Å². The van der Waals surface area contributed by atoms with Crippen molar-refractivity contribution in [2.75, 3.05) is 0 Å². The molecule has 1 atom stereocenters. The fourth-order valence-corrected chi connectivity index (χ4v) is 3.10. The van der Waals surface area contributed by atoms with E-state index in [1.54, 1.807) is 12.4 Å². The lowest BCUT2D eigenvalue weighted by Gasteiger charge is -2.10. The van der Waals surface area contributed by atoms with Gasteiger partial charge in [-0.25, -0.2) is 0 Å². The van der Waals surface area contributed by atoms with Crippen molar-refractivity contribution >= 4 is 23.4 Å². The van der Waals surface area contributed by atoms with Crippen LogP contribution < -0.4 is 0 Å². The smallest absolute Gasteiger partial charge is 0.277 e. The molecule has 106 valence electrons. The van der Waals surface area contributed by atoms with E-state index in [9.17, 15) is 0 Å². The number of nitrogens with zero attached hydrogens (tertiary/aromatic N) is 3. The summed E-state index contributed by atoms with van der Waals surface area (Å²) in [4.78, 5) is 3.97. The first-order chi connectivity index (χ1) is 10.2. The quantitative estimate of drug-likeness (QED) is 0.656. The van der Waals surface area contributed by atoms with Crippen molar-refractivity contribution in [3.63, 3.8) is 0 Å². The largest absolute Gasteiger partial charge is 0.411 e. The Hall–Kier alpha value is -1.85. The summed E-state index contributed by atoms with van der Waals surface area (Å²) in [7, 11) is 0. The van der Waals surface area contributed by atoms with E-state index in [0.717, 1.165) is 16.1 Å². The third kappa shape index (κ3) is 3.25. The van der Waals surface area contributed by atoms with Gasteiger partial charge in [-0.15, -0.1) is 10.2 Å². The number of benzene rings is 1. The van der Waals surface area contributed by atoms with E-state index in [2.05, 4.69) is 22.1 Å². The molecular weight excluding hydrogens is 306 g/mol. The Labute approximate surface area is 131 Å². The van der Waals surface area contributed by atoms with Crippen LogP contribution in [0.25, 0.3) is 11.5 Å². The maximum atomic E-state index is 6.20. The lowest BCUT2D eigenvalue weighted by atomic mass is 10.2. The Morgan fingerprint density at radius 1 is 1.10 bits per heavy atom. The predicted octanol–water partition coefficient (Wildman–Crippen LogP) is 4.64. The highest BCUT2D eigenvalue weighted by atomic mass is 35.5. The second-order valence-electron chi connectivity index (χ2n) is 4.39. The maximum Gasteiger partial charge on any atom is 0.277 e. The molecular formula is C15H12ClN3OS. The monoisotopic (exact) mass is 317 g/mol. The molecule has 3 rings (SSSR count). The number of rotatable bonds is 4. The van der Waals surface area contributed by atoms with Gasteiger partial charge in [0.25, 0.3) is 5.22 Å². The molecule has 0 saturated carbocycles. The van der Waals surface area contributed by atoms with Crippen molar-refractivity contribution in [3.05, 3.63) is 59.4 Å². The zero-order valence-electron chi connectivity index (χ0n) is 11.2. The van der Waals surface area contributed by atoms with Crippen molar-refractivity contribution in [1.82, 2.24) is 15.2 Å². The number of aromatic nitrogens is 3. The molecule has 0 aliphatic heterocycles. The van der Waals surface area contributed by atoms with Crippen LogP contribution in [-0.4, -0.2) is 15.2 Å². The normalized spacial score (nSPS) is 12.3. The van der Waals surface area contributed by atoms with Crippen LogP contribution in [0.4, 0.5) is 0 Å². The summed E-state index contributed by atoms with van der Waals surface area (Å²) >= 11 is 7.69. The molecule has 0 saturated heterocycles. The number of hydrogen-bond donors (Lipinski definition) is 0. The first-order valence-electron chi connectivity index (χ1n) is 6.39. The van der Waals surface area contributed by atoms with E-state index in [1.165, 1.54) is 11.8 Å². The standard InChI is InChI=1S/C15H12ClN3OS/c1-10(12-4-2-3-5-13(12)16)21-15-19-18-14(20-15)11-6-8-17-9-7-11/h2-10H,1H3/t10-/m1/s1. The summed E-state index contributed by atoms with van der Waals surface area (Å²) in [5, 5.41) is 9.52. The minimum Gasteiger partial charge on any atom is -0.411 e. The lowest BCUT2D eigenvalue weighted by Crippen LogP contribution is -1.89. The summed E-state index contributed by atoms with van der Waals surface area (Å²) in [5.41, 5.74) is 1.91. The molecule has 0 radical (unpaired) electrons. The Morgan fingerprint density at radius 3 is 2.62 bits per heavy atom. The molecule has 0 spiro atoms. The van der Waals surface area contributed by atoms with Gasteiger partial charge in [-0.2, -0.15) is 0 Å². The average molecular weight is 318 g/mol. The summed E-state index contributed by atoms with van der Waals surface area (Å²) in [6, 6.07) is 11.4. The fraction of sp³-hybridized carbons (Fsp3) is 0.133. The number of thioether (sulfide) groups is 1. The zero-order valence-corrected chi connectivity index (χ0v) is 12.8. The Morgan fingerprint density at radius 2 is 1.86 bits per heavy atom. The fourth-order valence-electron chi connectivity index (χ4n) is 1.89. The minimum atomic E-state index is 0.129. The van der Waals surface area contributed by atoms with Gasteiger partial charge in [-0.3, -0.25) is 4.98 Å². The molecule has 4 nitrogen and oxygen atoms in total. The molecule has 0 bridgehead atoms. The minimum absolute atomic E-state index is 0.129. The Balaban J connectivity index is 1.77. The third-order valence-corrected chi connectivity index (χ3v) is 4.27. The molecule has 21 heavy (non-hydrogen) atoms. The molecule has 0 unspecified atom stereocenters. The number of pyridine rings is 1. The lowest BCUT2D eigenvalue weighted by molar-refractivity contribution is 0.465. The Bertz CT molecular complexity index is 733. The third-order valence-electron chi connectivity index (χ3n) is 2.95. The Kier molecular flexibility index (Phi) is 4.22. The van der Waals surface area contributed by atoms with E-state index >= 15 is 0 Å². The van der Waals surface area contributed by atoms with Crippen molar-refractivity contribution in [3.8, 4) is 11.5 Å². The highest BCUT2D eigenvalue weighted by Crippen LogP contribution is 2.37. The summed E-state index contributed by atoms with van der Waals surface area (Å²) in [5.74, 6) is 0.492. The van der Waals surface area contributed by atoms with E-state index in [0.29, 0.717) is 11.1 Å². The molecule has 2 aromatic heterocycles. The first kappa shape index (κ1) is 14.1. The molecule has 0 aliphatic carbocycles. The molecule has 0 N–H and O–H groups in total. The van der Waals surface area contributed by atoms with Gasteiger partial charge >= 0.3 is 0 Å². The second-order valence-corrected chi connectivity index (χ2v) is 6.09. The van der Waals surface area contributed by atoms with Gasteiger partial charge in [0, 0.05) is 28.2 Å². The van der Waals surface area contributed by atoms with Crippen LogP contribution in [0.5, 0.6) is 0 Å². The van der Waals surface area contributed by atoms with E-state index < -0.39 is 0 Å². The SMILES string of the molecule is C[C@@H](Sc1nnc(-c2ccncc2)o1)c1ccccc1Cl. The van der Waals surface area contributed by atoms with Crippen LogP contribution in [0, 0.1) is 0 Å². The van der Waals surface area contributed by atoms with Gasteiger partial charge in [0.05, 0.1) is 0 Å². The van der Waals surface area contributed by atoms with E-state index in [1.807, 2.05) is 36.4 Å². The van der Waals surface area contributed by atoms with Gasteiger partial charge in [0.15, 0.2) is 0 Å². The van der Waals surface area contributed by atoms with Gasteiger partial charge in [-0.1, -0.05) is 41.6 Å². The summed E-state index contributed by atoms with van der Waals surface area (Å²) in [6.45, 7) is 2.06. The first-order valence-corrected chi connectivity index (χ1v) is 7.65. The van der Waals surface area contributed by atoms with Gasteiger partial charge in [0.1, 0.15) is 0 Å². The van der Waals surface area contributed by atoms with Gasteiger partial charge < -0.3 is 4.42 Å². The average Bonchev–Trinajstić information content (AvgIpc) is 2.97. The predicted molar refractivity (Wildman–Crippen MR) is 83.3 cm³/mol. The van der Waals surface area contributed by atoms with Gasteiger partial charge in [-0.05, 0) is 30.7 Å². The molecule has 0 amide bonds. The van der Waals surface area contributed by atoms with Crippen LogP contribution in [-0.2, 0) is 0 Å². The number of halogens is 1.